The summed E-state index contributed by atoms with van der Waals surface area (Å²) in [5.41, 5.74) is 7.43. The lowest BCUT2D eigenvalue weighted by Crippen LogP contribution is -2.29. The summed E-state index contributed by atoms with van der Waals surface area (Å²) in [4.78, 5) is 0. The Morgan fingerprint density at radius 2 is 2.00 bits per heavy atom. The molecule has 1 saturated carbocycles. The Labute approximate surface area is 114 Å². The molecule has 0 bridgehead atoms. The summed E-state index contributed by atoms with van der Waals surface area (Å²) in [7, 11) is 1.83. The van der Waals surface area contributed by atoms with Crippen molar-refractivity contribution in [1.82, 2.24) is 9.78 Å². The number of nitrogens with one attached hydrogen (secondary N) is 1. The Kier molecular flexibility index (Phi) is 3.56. The number of nitrogen functional groups attached to an aromatic ring is 1. The summed E-state index contributed by atoms with van der Waals surface area (Å²) in [5, 5.41) is 12.0. The van der Waals surface area contributed by atoms with Gasteiger partial charge < -0.3 is 10.5 Å². The van der Waals surface area contributed by atoms with Crippen LogP contribution >= 0.6 is 0 Å². The smallest absolute Gasteiger partial charge is 0.223 e. The van der Waals surface area contributed by atoms with E-state index in [9.17, 15) is 0 Å². The van der Waals surface area contributed by atoms with E-state index < -0.39 is 0 Å². The summed E-state index contributed by atoms with van der Waals surface area (Å²) in [6.07, 6.45) is 4.65. The molecular weight excluding hydrogens is 240 g/mol. The fourth-order valence-electron chi connectivity index (χ4n) is 2.73. The lowest BCUT2D eigenvalue weighted by molar-refractivity contribution is 0.0910. The first-order chi connectivity index (χ1) is 8.80. The van der Waals surface area contributed by atoms with Crippen molar-refractivity contribution in [3.63, 3.8) is 0 Å². The van der Waals surface area contributed by atoms with E-state index in [2.05, 4.69) is 18.9 Å². The van der Waals surface area contributed by atoms with Crippen LogP contribution in [0.15, 0.2) is 0 Å². The fraction of sp³-hybridized carbons (Fsp3) is 0.714. The van der Waals surface area contributed by atoms with Crippen LogP contribution in [0.5, 0.6) is 5.88 Å². The molecule has 106 valence electrons. The van der Waals surface area contributed by atoms with Gasteiger partial charge in [-0.15, -0.1) is 0 Å². The molecule has 19 heavy (non-hydrogen) atoms. The van der Waals surface area contributed by atoms with Crippen molar-refractivity contribution >= 4 is 5.84 Å². The number of rotatable bonds is 3. The van der Waals surface area contributed by atoms with E-state index in [0.717, 1.165) is 18.5 Å². The van der Waals surface area contributed by atoms with Crippen molar-refractivity contribution in [2.24, 2.45) is 18.2 Å². The number of amidine groups is 1. The van der Waals surface area contributed by atoms with Gasteiger partial charge in [0, 0.05) is 7.05 Å². The molecule has 0 aromatic carbocycles. The lowest BCUT2D eigenvalue weighted by atomic mass is 9.76. The third-order valence-corrected chi connectivity index (χ3v) is 4.00. The molecule has 0 spiro atoms. The maximum Gasteiger partial charge on any atom is 0.223 e. The van der Waals surface area contributed by atoms with Crippen molar-refractivity contribution in [3.8, 4) is 5.88 Å². The first-order valence-electron chi connectivity index (χ1n) is 6.85. The van der Waals surface area contributed by atoms with E-state index in [4.69, 9.17) is 15.9 Å². The third-order valence-electron chi connectivity index (χ3n) is 4.00. The number of nitrogens with zero attached hydrogens (tertiary/aromatic N) is 2. The standard InChI is InChI=1S/C14H24N4O/c1-9-11(12(15)16)13(18(4)17-9)19-10-5-7-14(2,3)8-6-10/h10H,5-8H2,1-4H3,(H3,15,16). The quantitative estimate of drug-likeness (QED) is 0.650. The van der Waals surface area contributed by atoms with Gasteiger partial charge in [0.25, 0.3) is 0 Å². The van der Waals surface area contributed by atoms with E-state index in [1.807, 2.05) is 14.0 Å². The van der Waals surface area contributed by atoms with Crippen molar-refractivity contribution in [1.29, 1.82) is 5.41 Å². The largest absolute Gasteiger partial charge is 0.474 e. The highest BCUT2D eigenvalue weighted by atomic mass is 16.5. The number of aryl methyl sites for hydroxylation is 2. The Morgan fingerprint density at radius 1 is 1.42 bits per heavy atom. The Balaban J connectivity index is 2.14. The van der Waals surface area contributed by atoms with Gasteiger partial charge in [0.1, 0.15) is 17.5 Å². The van der Waals surface area contributed by atoms with Crippen LogP contribution in [0.25, 0.3) is 0 Å². The molecule has 1 aromatic rings. The van der Waals surface area contributed by atoms with Crippen molar-refractivity contribution in [3.05, 3.63) is 11.3 Å². The topological polar surface area (TPSA) is 76.9 Å². The molecule has 5 heteroatoms. The molecule has 0 unspecified atom stereocenters. The second-order valence-electron chi connectivity index (χ2n) is 6.28. The van der Waals surface area contributed by atoms with Gasteiger partial charge in [0.15, 0.2) is 0 Å². The molecule has 5 nitrogen and oxygen atoms in total. The van der Waals surface area contributed by atoms with E-state index in [0.29, 0.717) is 16.9 Å². The zero-order chi connectivity index (χ0) is 14.2. The average Bonchev–Trinajstić information content (AvgIpc) is 2.56. The van der Waals surface area contributed by atoms with E-state index >= 15 is 0 Å². The highest BCUT2D eigenvalue weighted by Crippen LogP contribution is 2.37. The molecular formula is C14H24N4O. The molecule has 1 heterocycles. The molecule has 2 rings (SSSR count). The van der Waals surface area contributed by atoms with Gasteiger partial charge in [0.05, 0.1) is 5.69 Å². The molecule has 0 saturated heterocycles. The Bertz CT molecular complexity index is 480. The molecule has 1 aromatic heterocycles. The normalized spacial score (nSPS) is 19.4. The second-order valence-corrected chi connectivity index (χ2v) is 6.28. The van der Waals surface area contributed by atoms with Gasteiger partial charge in [-0.3, -0.25) is 5.41 Å². The minimum atomic E-state index is 0.0248. The molecule has 0 amide bonds. The molecule has 1 aliphatic rings. The van der Waals surface area contributed by atoms with E-state index in [-0.39, 0.29) is 11.9 Å². The summed E-state index contributed by atoms with van der Waals surface area (Å²) in [6, 6.07) is 0. The fourth-order valence-corrected chi connectivity index (χ4v) is 2.73. The molecule has 0 aliphatic heterocycles. The van der Waals surface area contributed by atoms with Crippen LogP contribution in [0.1, 0.15) is 50.8 Å². The first-order valence-corrected chi connectivity index (χ1v) is 6.85. The molecule has 3 N–H and O–H groups in total. The number of hydrogen-bond acceptors (Lipinski definition) is 3. The van der Waals surface area contributed by atoms with Crippen LogP contribution in [0.2, 0.25) is 0 Å². The lowest BCUT2D eigenvalue weighted by Gasteiger charge is -2.34. The van der Waals surface area contributed by atoms with Gasteiger partial charge in [0.2, 0.25) is 5.88 Å². The van der Waals surface area contributed by atoms with Gasteiger partial charge in [-0.05, 0) is 38.0 Å². The van der Waals surface area contributed by atoms with Crippen molar-refractivity contribution in [2.75, 3.05) is 0 Å². The number of ether oxygens (including phenoxy) is 1. The number of aromatic nitrogens is 2. The Hall–Kier alpha value is -1.52. The van der Waals surface area contributed by atoms with Gasteiger partial charge in [-0.2, -0.15) is 5.10 Å². The minimum absolute atomic E-state index is 0.0248. The van der Waals surface area contributed by atoms with E-state index in [1.165, 1.54) is 12.8 Å². The molecule has 0 atom stereocenters. The minimum Gasteiger partial charge on any atom is -0.474 e. The predicted octanol–water partition coefficient (Wildman–Crippen LogP) is 2.36. The van der Waals surface area contributed by atoms with Crippen LogP contribution < -0.4 is 10.5 Å². The Morgan fingerprint density at radius 3 is 2.53 bits per heavy atom. The van der Waals surface area contributed by atoms with Crippen LogP contribution in [0.3, 0.4) is 0 Å². The number of hydrogen-bond donors (Lipinski definition) is 2. The van der Waals surface area contributed by atoms with Crippen molar-refractivity contribution in [2.45, 2.75) is 52.6 Å². The zero-order valence-electron chi connectivity index (χ0n) is 12.3. The highest BCUT2D eigenvalue weighted by Gasteiger charge is 2.29. The zero-order valence-corrected chi connectivity index (χ0v) is 12.3. The van der Waals surface area contributed by atoms with Crippen molar-refractivity contribution < 1.29 is 4.74 Å². The third kappa shape index (κ3) is 2.91. The van der Waals surface area contributed by atoms with Gasteiger partial charge in [-0.1, -0.05) is 13.8 Å². The van der Waals surface area contributed by atoms with Gasteiger partial charge in [-0.25, -0.2) is 4.68 Å². The average molecular weight is 264 g/mol. The summed E-state index contributed by atoms with van der Waals surface area (Å²) < 4.78 is 7.76. The maximum atomic E-state index is 7.66. The van der Waals surface area contributed by atoms with Crippen LogP contribution in [0.4, 0.5) is 0 Å². The van der Waals surface area contributed by atoms with Gasteiger partial charge >= 0.3 is 0 Å². The summed E-state index contributed by atoms with van der Waals surface area (Å²) >= 11 is 0. The molecule has 0 radical (unpaired) electrons. The second kappa shape index (κ2) is 4.87. The van der Waals surface area contributed by atoms with Crippen LogP contribution in [-0.2, 0) is 7.05 Å². The van der Waals surface area contributed by atoms with Crippen LogP contribution in [-0.4, -0.2) is 21.7 Å². The van der Waals surface area contributed by atoms with E-state index in [1.54, 1.807) is 4.68 Å². The first kappa shape index (κ1) is 13.9. The monoisotopic (exact) mass is 264 g/mol. The number of nitrogens with two attached hydrogens (primary N) is 1. The highest BCUT2D eigenvalue weighted by molar-refractivity contribution is 5.98. The molecule has 1 fully saturated rings. The molecule has 1 aliphatic carbocycles. The predicted molar refractivity (Wildman–Crippen MR) is 75.6 cm³/mol. The maximum absolute atomic E-state index is 7.66. The summed E-state index contributed by atoms with van der Waals surface area (Å²) in [5.74, 6) is 0.659. The summed E-state index contributed by atoms with van der Waals surface area (Å²) in [6.45, 7) is 6.46. The van der Waals surface area contributed by atoms with Crippen LogP contribution in [0, 0.1) is 17.7 Å². The SMILES string of the molecule is Cc1nn(C)c(OC2CCC(C)(C)CC2)c1C(=N)N.